The van der Waals surface area contributed by atoms with Gasteiger partial charge in [0.25, 0.3) is 11.8 Å². The van der Waals surface area contributed by atoms with E-state index in [0.717, 1.165) is 36.3 Å². The molecule has 1 aromatic carbocycles. The predicted octanol–water partition coefficient (Wildman–Crippen LogP) is 4.06. The lowest BCUT2D eigenvalue weighted by molar-refractivity contribution is 0.0934. The van der Waals surface area contributed by atoms with Crippen molar-refractivity contribution in [1.29, 1.82) is 0 Å². The molecule has 2 amide bonds. The third kappa shape index (κ3) is 4.21. The first-order valence-electron chi connectivity index (χ1n) is 10.4. The first-order chi connectivity index (χ1) is 14.6. The van der Waals surface area contributed by atoms with E-state index in [0.29, 0.717) is 24.1 Å². The number of aryl methyl sites for hydroxylation is 1. The van der Waals surface area contributed by atoms with Crippen molar-refractivity contribution in [3.8, 4) is 0 Å². The molecular formula is C23H26N4O2S. The standard InChI is InChI=1S/C23H26N4O2S/c1-14-11-26-18(13-25-14)22(28)27-12-15-7-9-16(10-8-15)20-17-5-3-4-6-19(17)30-21(20)23(29)24-2/h3-6,11,13,15-16H,7-10,12H2,1-2H3,(H,24,29)(H,27,28). The molecule has 1 aliphatic rings. The highest BCUT2D eigenvalue weighted by Gasteiger charge is 2.29. The Bertz CT molecular complexity index is 1050. The maximum atomic E-state index is 12.5. The molecule has 3 aromatic rings. The molecule has 0 saturated heterocycles. The molecule has 1 aliphatic carbocycles. The number of aromatic nitrogens is 2. The van der Waals surface area contributed by atoms with Crippen LogP contribution in [-0.4, -0.2) is 35.4 Å². The Morgan fingerprint density at radius 3 is 2.53 bits per heavy atom. The third-order valence-corrected chi connectivity index (χ3v) is 7.07. The van der Waals surface area contributed by atoms with E-state index in [1.807, 2.05) is 19.1 Å². The van der Waals surface area contributed by atoms with Crippen molar-refractivity contribution in [2.45, 2.75) is 38.5 Å². The highest BCUT2D eigenvalue weighted by molar-refractivity contribution is 7.21. The number of hydrogen-bond acceptors (Lipinski definition) is 5. The van der Waals surface area contributed by atoms with Gasteiger partial charge in [0.15, 0.2) is 0 Å². The van der Waals surface area contributed by atoms with Gasteiger partial charge in [-0.15, -0.1) is 11.3 Å². The van der Waals surface area contributed by atoms with Gasteiger partial charge in [0.2, 0.25) is 0 Å². The maximum absolute atomic E-state index is 12.5. The molecule has 0 spiro atoms. The molecule has 7 heteroatoms. The first-order valence-corrected chi connectivity index (χ1v) is 11.2. The van der Waals surface area contributed by atoms with Gasteiger partial charge in [0.05, 0.1) is 16.8 Å². The summed E-state index contributed by atoms with van der Waals surface area (Å²) in [5.41, 5.74) is 2.35. The highest BCUT2D eigenvalue weighted by Crippen LogP contribution is 2.43. The van der Waals surface area contributed by atoms with Crippen molar-refractivity contribution in [1.82, 2.24) is 20.6 Å². The van der Waals surface area contributed by atoms with E-state index in [1.54, 1.807) is 24.6 Å². The summed E-state index contributed by atoms with van der Waals surface area (Å²) in [5.74, 6) is 0.649. The zero-order chi connectivity index (χ0) is 21.1. The molecule has 0 bridgehead atoms. The van der Waals surface area contributed by atoms with Gasteiger partial charge in [-0.25, -0.2) is 4.98 Å². The number of fused-ring (bicyclic) bond motifs is 1. The molecule has 1 fully saturated rings. The Morgan fingerprint density at radius 2 is 1.83 bits per heavy atom. The van der Waals surface area contributed by atoms with E-state index in [-0.39, 0.29) is 11.8 Å². The van der Waals surface area contributed by atoms with Crippen LogP contribution in [0.5, 0.6) is 0 Å². The topological polar surface area (TPSA) is 84.0 Å². The predicted molar refractivity (Wildman–Crippen MR) is 119 cm³/mol. The van der Waals surface area contributed by atoms with Crippen LogP contribution in [0, 0.1) is 12.8 Å². The minimum Gasteiger partial charge on any atom is -0.354 e. The quantitative estimate of drug-likeness (QED) is 0.649. The molecule has 6 nitrogen and oxygen atoms in total. The van der Waals surface area contributed by atoms with Crippen molar-refractivity contribution in [3.05, 3.63) is 58.5 Å². The summed E-state index contributed by atoms with van der Waals surface area (Å²) in [7, 11) is 1.69. The van der Waals surface area contributed by atoms with Gasteiger partial charge in [0.1, 0.15) is 5.69 Å². The van der Waals surface area contributed by atoms with E-state index in [9.17, 15) is 9.59 Å². The first kappa shape index (κ1) is 20.5. The average Bonchev–Trinajstić information content (AvgIpc) is 3.17. The number of amides is 2. The van der Waals surface area contributed by atoms with Crippen LogP contribution in [0.1, 0.15) is 63.0 Å². The fourth-order valence-corrected chi connectivity index (χ4v) is 5.48. The van der Waals surface area contributed by atoms with Crippen molar-refractivity contribution in [2.75, 3.05) is 13.6 Å². The van der Waals surface area contributed by atoms with E-state index < -0.39 is 0 Å². The zero-order valence-electron chi connectivity index (χ0n) is 17.3. The number of nitrogens with one attached hydrogen (secondary N) is 2. The molecule has 2 heterocycles. The van der Waals surface area contributed by atoms with Crippen LogP contribution in [0.2, 0.25) is 0 Å². The van der Waals surface area contributed by atoms with Crippen molar-refractivity contribution < 1.29 is 9.59 Å². The number of rotatable bonds is 5. The molecule has 0 unspecified atom stereocenters. The lowest BCUT2D eigenvalue weighted by Gasteiger charge is -2.29. The van der Waals surface area contributed by atoms with Gasteiger partial charge in [-0.1, -0.05) is 18.2 Å². The SMILES string of the molecule is CNC(=O)c1sc2ccccc2c1C1CCC(CNC(=O)c2cnc(C)cn2)CC1. The van der Waals surface area contributed by atoms with E-state index in [1.165, 1.54) is 21.8 Å². The van der Waals surface area contributed by atoms with Crippen molar-refractivity contribution in [3.63, 3.8) is 0 Å². The smallest absolute Gasteiger partial charge is 0.271 e. The lowest BCUT2D eigenvalue weighted by Crippen LogP contribution is -2.31. The second kappa shape index (κ2) is 8.92. The molecule has 2 aromatic heterocycles. The Hall–Kier alpha value is -2.80. The molecule has 2 N–H and O–H groups in total. The number of thiophene rings is 1. The molecule has 0 atom stereocenters. The van der Waals surface area contributed by atoms with Gasteiger partial charge in [-0.05, 0) is 61.5 Å². The summed E-state index contributed by atoms with van der Waals surface area (Å²) >= 11 is 1.58. The van der Waals surface area contributed by atoms with Gasteiger partial charge < -0.3 is 10.6 Å². The molecular weight excluding hydrogens is 396 g/mol. The van der Waals surface area contributed by atoms with Gasteiger partial charge >= 0.3 is 0 Å². The summed E-state index contributed by atoms with van der Waals surface area (Å²) in [5, 5.41) is 7.00. The van der Waals surface area contributed by atoms with Crippen LogP contribution in [0.4, 0.5) is 0 Å². The highest BCUT2D eigenvalue weighted by atomic mass is 32.1. The third-order valence-electron chi connectivity index (χ3n) is 5.89. The minimum absolute atomic E-state index is 0.000191. The van der Waals surface area contributed by atoms with Gasteiger partial charge in [-0.3, -0.25) is 14.6 Å². The van der Waals surface area contributed by atoms with Crippen LogP contribution < -0.4 is 10.6 Å². The van der Waals surface area contributed by atoms with Crippen LogP contribution >= 0.6 is 11.3 Å². The Morgan fingerprint density at radius 1 is 1.07 bits per heavy atom. The number of nitrogens with zero attached hydrogens (tertiary/aromatic N) is 2. The number of hydrogen-bond donors (Lipinski definition) is 2. The molecule has 4 rings (SSSR count). The molecule has 0 aliphatic heterocycles. The maximum Gasteiger partial charge on any atom is 0.271 e. The monoisotopic (exact) mass is 422 g/mol. The van der Waals surface area contributed by atoms with Crippen LogP contribution in [-0.2, 0) is 0 Å². The molecule has 0 radical (unpaired) electrons. The van der Waals surface area contributed by atoms with E-state index in [2.05, 4.69) is 32.7 Å². The van der Waals surface area contributed by atoms with Gasteiger partial charge in [0, 0.05) is 24.5 Å². The number of carbonyl (C=O) groups excluding carboxylic acids is 2. The van der Waals surface area contributed by atoms with Crippen molar-refractivity contribution in [2.24, 2.45) is 5.92 Å². The second-order valence-corrected chi connectivity index (χ2v) is 8.94. The molecule has 156 valence electrons. The molecule has 1 saturated carbocycles. The minimum atomic E-state index is -0.171. The summed E-state index contributed by atoms with van der Waals surface area (Å²) < 4.78 is 1.17. The van der Waals surface area contributed by atoms with Crippen LogP contribution in [0.3, 0.4) is 0 Å². The summed E-state index contributed by atoms with van der Waals surface area (Å²) in [6.07, 6.45) is 7.23. The zero-order valence-corrected chi connectivity index (χ0v) is 18.1. The largest absolute Gasteiger partial charge is 0.354 e. The van der Waals surface area contributed by atoms with Crippen molar-refractivity contribution >= 4 is 33.2 Å². The number of carbonyl (C=O) groups is 2. The van der Waals surface area contributed by atoms with Crippen LogP contribution in [0.25, 0.3) is 10.1 Å². The Balaban J connectivity index is 1.41. The normalized spacial score (nSPS) is 18.9. The van der Waals surface area contributed by atoms with E-state index >= 15 is 0 Å². The summed E-state index contributed by atoms with van der Waals surface area (Å²) in [6.45, 7) is 2.49. The average molecular weight is 423 g/mol. The Labute approximate surface area is 180 Å². The second-order valence-electron chi connectivity index (χ2n) is 7.89. The van der Waals surface area contributed by atoms with E-state index in [4.69, 9.17) is 0 Å². The fraction of sp³-hybridized carbons (Fsp3) is 0.391. The fourth-order valence-electron chi connectivity index (χ4n) is 4.25. The van der Waals surface area contributed by atoms with Gasteiger partial charge in [-0.2, -0.15) is 0 Å². The summed E-state index contributed by atoms with van der Waals surface area (Å²) in [6, 6.07) is 8.28. The molecule has 30 heavy (non-hydrogen) atoms. The lowest BCUT2D eigenvalue weighted by atomic mass is 9.77. The number of benzene rings is 1. The summed E-state index contributed by atoms with van der Waals surface area (Å²) in [4.78, 5) is 33.9. The van der Waals surface area contributed by atoms with Crippen LogP contribution in [0.15, 0.2) is 36.7 Å². The Kier molecular flexibility index (Phi) is 6.08.